The smallest absolute Gasteiger partial charge is 0.0611 e. The first-order valence-electron chi connectivity index (χ1n) is 7.78. The number of hydrogen-bond acceptors (Lipinski definition) is 3. The number of rotatable bonds is 6. The molecule has 0 spiro atoms. The lowest BCUT2D eigenvalue weighted by molar-refractivity contribution is 0.0874. The highest BCUT2D eigenvalue weighted by Crippen LogP contribution is 2.36. The molecule has 2 N–H and O–H groups in total. The summed E-state index contributed by atoms with van der Waals surface area (Å²) < 4.78 is 0. The fourth-order valence-electron chi connectivity index (χ4n) is 3.88. The van der Waals surface area contributed by atoms with Gasteiger partial charge in [-0.2, -0.15) is 0 Å². The number of hydrogen-bond donors (Lipinski definition) is 2. The van der Waals surface area contributed by atoms with Crippen molar-refractivity contribution in [3.63, 3.8) is 0 Å². The van der Waals surface area contributed by atoms with E-state index >= 15 is 0 Å². The molecule has 0 aromatic rings. The average molecular weight is 254 g/mol. The maximum absolute atomic E-state index is 9.55. The number of piperidine rings is 1. The van der Waals surface area contributed by atoms with Crippen LogP contribution in [0.2, 0.25) is 0 Å². The molecule has 0 aromatic heterocycles. The van der Waals surface area contributed by atoms with Gasteiger partial charge in [0.15, 0.2) is 0 Å². The lowest BCUT2D eigenvalue weighted by atomic mass is 9.90. The molecule has 0 bridgehead atoms. The number of aliphatic hydroxyl groups is 1. The molecule has 3 heteroatoms. The monoisotopic (exact) mass is 254 g/mol. The summed E-state index contributed by atoms with van der Waals surface area (Å²) in [7, 11) is 0. The highest BCUT2D eigenvalue weighted by Gasteiger charge is 2.35. The van der Waals surface area contributed by atoms with Gasteiger partial charge < -0.3 is 15.3 Å². The lowest BCUT2D eigenvalue weighted by Gasteiger charge is -2.40. The zero-order chi connectivity index (χ0) is 13.0. The van der Waals surface area contributed by atoms with Gasteiger partial charge >= 0.3 is 0 Å². The molecule has 2 aliphatic rings. The van der Waals surface area contributed by atoms with E-state index in [1.807, 2.05) is 0 Å². The van der Waals surface area contributed by atoms with Crippen LogP contribution in [0.25, 0.3) is 0 Å². The van der Waals surface area contributed by atoms with Crippen LogP contribution in [0.1, 0.15) is 52.4 Å². The summed E-state index contributed by atoms with van der Waals surface area (Å²) >= 11 is 0. The van der Waals surface area contributed by atoms with Crippen molar-refractivity contribution >= 4 is 0 Å². The van der Waals surface area contributed by atoms with E-state index in [-0.39, 0.29) is 12.1 Å². The van der Waals surface area contributed by atoms with Crippen LogP contribution in [0.3, 0.4) is 0 Å². The summed E-state index contributed by atoms with van der Waals surface area (Å²) in [5, 5.41) is 13.0. The summed E-state index contributed by atoms with van der Waals surface area (Å²) in [6, 6.07) is 0.850. The number of fused-ring (bicyclic) bond motifs is 1. The summed E-state index contributed by atoms with van der Waals surface area (Å²) in [5.74, 6) is 0.971. The molecule has 1 aliphatic carbocycles. The van der Waals surface area contributed by atoms with Crippen LogP contribution < -0.4 is 5.32 Å². The van der Waals surface area contributed by atoms with Gasteiger partial charge in [0.2, 0.25) is 0 Å². The van der Waals surface area contributed by atoms with E-state index in [4.69, 9.17) is 0 Å². The lowest BCUT2D eigenvalue weighted by Crippen LogP contribution is -2.50. The van der Waals surface area contributed by atoms with Crippen molar-refractivity contribution in [3.8, 4) is 0 Å². The van der Waals surface area contributed by atoms with Crippen molar-refractivity contribution in [2.45, 2.75) is 64.0 Å². The summed E-state index contributed by atoms with van der Waals surface area (Å²) in [6.07, 6.45) is 8.16. The van der Waals surface area contributed by atoms with E-state index in [9.17, 15) is 5.11 Å². The van der Waals surface area contributed by atoms with Crippen LogP contribution in [-0.2, 0) is 0 Å². The molecule has 2 fully saturated rings. The fourth-order valence-corrected chi connectivity index (χ4v) is 3.88. The third kappa shape index (κ3) is 3.25. The zero-order valence-corrected chi connectivity index (χ0v) is 12.1. The maximum atomic E-state index is 9.55. The fraction of sp³-hybridized carbons (Fsp3) is 1.00. The molecule has 2 rings (SSSR count). The largest absolute Gasteiger partial charge is 0.394 e. The SMILES string of the molecule is CCNC(C)(CO)CCN1CCCC2CCCC21. The van der Waals surface area contributed by atoms with Gasteiger partial charge in [0.25, 0.3) is 0 Å². The second kappa shape index (κ2) is 6.36. The van der Waals surface area contributed by atoms with E-state index in [0.29, 0.717) is 0 Å². The minimum Gasteiger partial charge on any atom is -0.394 e. The Morgan fingerprint density at radius 1 is 1.28 bits per heavy atom. The second-order valence-corrected chi connectivity index (χ2v) is 6.44. The van der Waals surface area contributed by atoms with E-state index in [0.717, 1.165) is 31.5 Å². The van der Waals surface area contributed by atoms with E-state index in [1.165, 1.54) is 38.6 Å². The first-order chi connectivity index (χ1) is 8.68. The number of likely N-dealkylation sites (N-methyl/N-ethyl adjacent to an activating group) is 1. The van der Waals surface area contributed by atoms with Crippen LogP contribution in [0, 0.1) is 5.92 Å². The standard InChI is InChI=1S/C15H30N2O/c1-3-16-15(2,12-18)9-11-17-10-5-7-13-6-4-8-14(13)17/h13-14,16,18H,3-12H2,1-2H3. The van der Waals surface area contributed by atoms with Gasteiger partial charge in [0.05, 0.1) is 6.61 Å². The van der Waals surface area contributed by atoms with Crippen LogP contribution in [-0.4, -0.2) is 47.8 Å². The van der Waals surface area contributed by atoms with Crippen molar-refractivity contribution in [2.75, 3.05) is 26.2 Å². The quantitative estimate of drug-likeness (QED) is 0.761. The molecule has 1 aliphatic heterocycles. The van der Waals surface area contributed by atoms with Crippen LogP contribution in [0.15, 0.2) is 0 Å². The van der Waals surface area contributed by atoms with Gasteiger partial charge in [-0.05, 0) is 58.0 Å². The predicted molar refractivity (Wildman–Crippen MR) is 75.7 cm³/mol. The van der Waals surface area contributed by atoms with Gasteiger partial charge in [-0.3, -0.25) is 0 Å². The normalized spacial score (nSPS) is 32.2. The molecule has 3 atom stereocenters. The molecule has 0 radical (unpaired) electrons. The van der Waals surface area contributed by atoms with E-state index < -0.39 is 0 Å². The van der Waals surface area contributed by atoms with E-state index in [1.54, 1.807) is 0 Å². The number of nitrogens with one attached hydrogen (secondary N) is 1. The van der Waals surface area contributed by atoms with Crippen LogP contribution in [0.4, 0.5) is 0 Å². The molecule has 1 saturated carbocycles. The van der Waals surface area contributed by atoms with Crippen LogP contribution >= 0.6 is 0 Å². The highest BCUT2D eigenvalue weighted by atomic mass is 16.3. The summed E-state index contributed by atoms with van der Waals surface area (Å²) in [5.41, 5.74) is -0.0969. The second-order valence-electron chi connectivity index (χ2n) is 6.44. The molecule has 1 saturated heterocycles. The van der Waals surface area contributed by atoms with Crippen LogP contribution in [0.5, 0.6) is 0 Å². The van der Waals surface area contributed by atoms with Gasteiger partial charge in [-0.25, -0.2) is 0 Å². The molecule has 106 valence electrons. The first-order valence-corrected chi connectivity index (χ1v) is 7.78. The third-order valence-corrected chi connectivity index (χ3v) is 5.01. The van der Waals surface area contributed by atoms with E-state index in [2.05, 4.69) is 24.1 Å². The molecule has 1 heterocycles. The Morgan fingerprint density at radius 2 is 2.06 bits per heavy atom. The highest BCUT2D eigenvalue weighted by molar-refractivity contribution is 4.91. The van der Waals surface area contributed by atoms with Crippen molar-refractivity contribution in [3.05, 3.63) is 0 Å². The molecule has 3 unspecified atom stereocenters. The predicted octanol–water partition coefficient (Wildman–Crippen LogP) is 2.00. The third-order valence-electron chi connectivity index (χ3n) is 5.01. The minimum absolute atomic E-state index is 0.0969. The Morgan fingerprint density at radius 3 is 2.78 bits per heavy atom. The molecule has 0 amide bonds. The molecule has 3 nitrogen and oxygen atoms in total. The molecular weight excluding hydrogens is 224 g/mol. The average Bonchev–Trinajstić information content (AvgIpc) is 2.85. The summed E-state index contributed by atoms with van der Waals surface area (Å²) in [6.45, 7) is 7.85. The number of likely N-dealkylation sites (tertiary alicyclic amines) is 1. The van der Waals surface area contributed by atoms with Crippen molar-refractivity contribution in [1.82, 2.24) is 10.2 Å². The first kappa shape index (κ1) is 14.3. The molecule has 0 aromatic carbocycles. The summed E-state index contributed by atoms with van der Waals surface area (Å²) in [4.78, 5) is 2.70. The zero-order valence-electron chi connectivity index (χ0n) is 12.1. The topological polar surface area (TPSA) is 35.5 Å². The van der Waals surface area contributed by atoms with Gasteiger partial charge in [-0.15, -0.1) is 0 Å². The molecular formula is C15H30N2O. The van der Waals surface area contributed by atoms with Gasteiger partial charge in [-0.1, -0.05) is 13.3 Å². The number of nitrogens with zero attached hydrogens (tertiary/aromatic N) is 1. The maximum Gasteiger partial charge on any atom is 0.0611 e. The minimum atomic E-state index is -0.0969. The van der Waals surface area contributed by atoms with Crippen molar-refractivity contribution in [2.24, 2.45) is 5.92 Å². The van der Waals surface area contributed by atoms with Crippen molar-refractivity contribution in [1.29, 1.82) is 0 Å². The van der Waals surface area contributed by atoms with Crippen molar-refractivity contribution < 1.29 is 5.11 Å². The Kier molecular flexibility index (Phi) is 5.05. The Labute approximate surface area is 112 Å². The molecule has 18 heavy (non-hydrogen) atoms. The Balaban J connectivity index is 1.84. The number of aliphatic hydroxyl groups excluding tert-OH is 1. The Bertz CT molecular complexity index is 259. The van der Waals surface area contributed by atoms with Gasteiger partial charge in [0, 0.05) is 18.1 Å². The Hall–Kier alpha value is -0.120. The van der Waals surface area contributed by atoms with Gasteiger partial charge in [0.1, 0.15) is 0 Å².